The average Bonchev–Trinajstić information content (AvgIpc) is 2.25. The van der Waals surface area contributed by atoms with Crippen LogP contribution in [0, 0.1) is 11.8 Å². The molecule has 0 aliphatic heterocycles. The molecular formula is C13H28N2O2. The first-order valence-corrected chi connectivity index (χ1v) is 6.38. The van der Waals surface area contributed by atoms with Gasteiger partial charge >= 0.3 is 0 Å². The number of hydrogen-bond donors (Lipinski definition) is 2. The van der Waals surface area contributed by atoms with Crippen molar-refractivity contribution >= 4 is 5.91 Å². The van der Waals surface area contributed by atoms with Gasteiger partial charge in [-0.05, 0) is 18.3 Å². The lowest BCUT2D eigenvalue weighted by molar-refractivity contribution is -0.123. The highest BCUT2D eigenvalue weighted by atomic mass is 16.5. The number of ether oxygens (including phenoxy) is 1. The van der Waals surface area contributed by atoms with Crippen LogP contribution in [-0.4, -0.2) is 38.8 Å². The van der Waals surface area contributed by atoms with E-state index in [0.29, 0.717) is 18.4 Å². The number of carbonyl (C=O) groups is 1. The topological polar surface area (TPSA) is 50.4 Å². The summed E-state index contributed by atoms with van der Waals surface area (Å²) in [5.41, 5.74) is 0. The number of carbonyl (C=O) groups excluding carboxylic acids is 1. The lowest BCUT2D eigenvalue weighted by Gasteiger charge is -2.28. The van der Waals surface area contributed by atoms with Gasteiger partial charge in [0.05, 0.1) is 12.6 Å². The van der Waals surface area contributed by atoms with Crippen LogP contribution in [0.25, 0.3) is 0 Å². The standard InChI is InChI=1S/C13H28N2O2/c1-9(2)7-11(13(16)14-5)15-12(8-17-6)10(3)4/h9-12,15H,7-8H2,1-6H3,(H,14,16). The fraction of sp³-hybridized carbons (Fsp3) is 0.923. The molecule has 0 bridgehead atoms. The van der Waals surface area contributed by atoms with Crippen molar-refractivity contribution in [2.24, 2.45) is 11.8 Å². The minimum absolute atomic E-state index is 0.0560. The number of amides is 1. The van der Waals surface area contributed by atoms with Gasteiger partial charge in [-0.1, -0.05) is 27.7 Å². The fourth-order valence-electron chi connectivity index (χ4n) is 1.77. The molecule has 102 valence electrons. The predicted molar refractivity (Wildman–Crippen MR) is 70.9 cm³/mol. The lowest BCUT2D eigenvalue weighted by Crippen LogP contribution is -2.51. The second kappa shape index (κ2) is 8.48. The van der Waals surface area contributed by atoms with Gasteiger partial charge in [0.1, 0.15) is 0 Å². The van der Waals surface area contributed by atoms with E-state index in [1.807, 2.05) is 0 Å². The summed E-state index contributed by atoms with van der Waals surface area (Å²) in [5, 5.41) is 6.11. The first-order valence-electron chi connectivity index (χ1n) is 6.38. The van der Waals surface area contributed by atoms with Gasteiger partial charge in [0.25, 0.3) is 0 Å². The summed E-state index contributed by atoms with van der Waals surface area (Å²) in [6.07, 6.45) is 0.840. The Kier molecular flexibility index (Phi) is 8.17. The molecule has 4 heteroatoms. The Bertz CT molecular complexity index is 217. The van der Waals surface area contributed by atoms with Crippen LogP contribution in [-0.2, 0) is 9.53 Å². The average molecular weight is 244 g/mol. The van der Waals surface area contributed by atoms with E-state index >= 15 is 0 Å². The number of nitrogens with one attached hydrogen (secondary N) is 2. The van der Waals surface area contributed by atoms with Crippen LogP contribution >= 0.6 is 0 Å². The number of likely N-dealkylation sites (N-methyl/N-ethyl adjacent to an activating group) is 1. The summed E-state index contributed by atoms with van der Waals surface area (Å²) in [4.78, 5) is 11.8. The van der Waals surface area contributed by atoms with E-state index in [1.54, 1.807) is 14.2 Å². The van der Waals surface area contributed by atoms with Gasteiger partial charge in [0.2, 0.25) is 5.91 Å². The quantitative estimate of drug-likeness (QED) is 0.679. The third-order valence-electron chi connectivity index (χ3n) is 2.84. The van der Waals surface area contributed by atoms with Crippen molar-refractivity contribution in [2.45, 2.75) is 46.2 Å². The van der Waals surface area contributed by atoms with Crippen LogP contribution < -0.4 is 10.6 Å². The minimum Gasteiger partial charge on any atom is -0.383 e. The summed E-state index contributed by atoms with van der Waals surface area (Å²) in [6, 6.07) is 0.0728. The summed E-state index contributed by atoms with van der Waals surface area (Å²) < 4.78 is 5.19. The monoisotopic (exact) mass is 244 g/mol. The highest BCUT2D eigenvalue weighted by molar-refractivity contribution is 5.81. The third-order valence-corrected chi connectivity index (χ3v) is 2.84. The van der Waals surface area contributed by atoms with E-state index in [-0.39, 0.29) is 18.0 Å². The highest BCUT2D eigenvalue weighted by Gasteiger charge is 2.23. The Morgan fingerprint density at radius 1 is 1.24 bits per heavy atom. The van der Waals surface area contributed by atoms with Crippen LogP contribution in [0.2, 0.25) is 0 Å². The second-order valence-corrected chi connectivity index (χ2v) is 5.27. The van der Waals surface area contributed by atoms with E-state index in [1.165, 1.54) is 0 Å². The number of hydrogen-bond acceptors (Lipinski definition) is 3. The molecule has 0 aliphatic rings. The zero-order chi connectivity index (χ0) is 13.4. The van der Waals surface area contributed by atoms with E-state index < -0.39 is 0 Å². The molecule has 0 aliphatic carbocycles. The van der Waals surface area contributed by atoms with Crippen molar-refractivity contribution in [1.29, 1.82) is 0 Å². The maximum absolute atomic E-state index is 11.8. The lowest BCUT2D eigenvalue weighted by atomic mass is 9.99. The zero-order valence-electron chi connectivity index (χ0n) is 12.0. The molecule has 0 radical (unpaired) electrons. The van der Waals surface area contributed by atoms with Crippen LogP contribution in [0.5, 0.6) is 0 Å². The first kappa shape index (κ1) is 16.4. The largest absolute Gasteiger partial charge is 0.383 e. The SMILES string of the molecule is CNC(=O)C(CC(C)C)NC(COC)C(C)C. The predicted octanol–water partition coefficient (Wildman–Crippen LogP) is 1.41. The summed E-state index contributed by atoms with van der Waals surface area (Å²) in [5.74, 6) is 0.981. The molecule has 0 saturated carbocycles. The molecule has 0 spiro atoms. The smallest absolute Gasteiger partial charge is 0.236 e. The third kappa shape index (κ3) is 6.64. The summed E-state index contributed by atoms with van der Waals surface area (Å²) >= 11 is 0. The molecule has 0 aromatic heterocycles. The normalized spacial score (nSPS) is 15.1. The molecule has 0 fully saturated rings. The Morgan fingerprint density at radius 3 is 2.18 bits per heavy atom. The van der Waals surface area contributed by atoms with Gasteiger partial charge < -0.3 is 15.4 Å². The van der Waals surface area contributed by atoms with Crippen LogP contribution in [0.3, 0.4) is 0 Å². The Morgan fingerprint density at radius 2 is 1.82 bits per heavy atom. The minimum atomic E-state index is -0.137. The van der Waals surface area contributed by atoms with Crippen molar-refractivity contribution in [3.8, 4) is 0 Å². The molecular weight excluding hydrogens is 216 g/mol. The Balaban J connectivity index is 4.52. The maximum atomic E-state index is 11.8. The van der Waals surface area contributed by atoms with Crippen molar-refractivity contribution in [3.63, 3.8) is 0 Å². The van der Waals surface area contributed by atoms with Crippen LogP contribution in [0.15, 0.2) is 0 Å². The van der Waals surface area contributed by atoms with E-state index in [2.05, 4.69) is 38.3 Å². The fourth-order valence-corrected chi connectivity index (χ4v) is 1.77. The molecule has 0 rings (SSSR count). The van der Waals surface area contributed by atoms with Gasteiger partial charge in [0.15, 0.2) is 0 Å². The number of rotatable bonds is 8. The van der Waals surface area contributed by atoms with Gasteiger partial charge in [0, 0.05) is 20.2 Å². The molecule has 17 heavy (non-hydrogen) atoms. The van der Waals surface area contributed by atoms with Gasteiger partial charge in [-0.15, -0.1) is 0 Å². The van der Waals surface area contributed by atoms with Gasteiger partial charge in [-0.25, -0.2) is 0 Å². The van der Waals surface area contributed by atoms with Gasteiger partial charge in [-0.3, -0.25) is 4.79 Å². The van der Waals surface area contributed by atoms with Crippen molar-refractivity contribution in [3.05, 3.63) is 0 Å². The zero-order valence-corrected chi connectivity index (χ0v) is 12.0. The molecule has 0 saturated heterocycles. The Hall–Kier alpha value is -0.610. The second-order valence-electron chi connectivity index (χ2n) is 5.27. The molecule has 0 aromatic carbocycles. The van der Waals surface area contributed by atoms with Gasteiger partial charge in [-0.2, -0.15) is 0 Å². The van der Waals surface area contributed by atoms with E-state index in [4.69, 9.17) is 4.74 Å². The maximum Gasteiger partial charge on any atom is 0.236 e. The Labute approximate surface area is 105 Å². The van der Waals surface area contributed by atoms with Crippen LogP contribution in [0.4, 0.5) is 0 Å². The first-order chi connectivity index (χ1) is 7.92. The van der Waals surface area contributed by atoms with Crippen molar-refractivity contribution in [1.82, 2.24) is 10.6 Å². The molecule has 0 heterocycles. The summed E-state index contributed by atoms with van der Waals surface area (Å²) in [7, 11) is 3.37. The van der Waals surface area contributed by atoms with E-state index in [9.17, 15) is 4.79 Å². The molecule has 1 amide bonds. The van der Waals surface area contributed by atoms with Crippen molar-refractivity contribution < 1.29 is 9.53 Å². The molecule has 2 atom stereocenters. The summed E-state index contributed by atoms with van der Waals surface area (Å²) in [6.45, 7) is 9.14. The molecule has 4 nitrogen and oxygen atoms in total. The molecule has 2 unspecified atom stereocenters. The number of methoxy groups -OCH3 is 1. The molecule has 2 N–H and O–H groups in total. The van der Waals surface area contributed by atoms with Crippen molar-refractivity contribution in [2.75, 3.05) is 20.8 Å². The molecule has 0 aromatic rings. The van der Waals surface area contributed by atoms with Crippen LogP contribution in [0.1, 0.15) is 34.1 Å². The van der Waals surface area contributed by atoms with E-state index in [0.717, 1.165) is 6.42 Å². The highest BCUT2D eigenvalue weighted by Crippen LogP contribution is 2.09.